The summed E-state index contributed by atoms with van der Waals surface area (Å²) in [5.74, 6) is 0.576. The van der Waals surface area contributed by atoms with Crippen molar-refractivity contribution in [1.82, 2.24) is 9.62 Å². The summed E-state index contributed by atoms with van der Waals surface area (Å²) in [5.41, 5.74) is 0.537. The van der Waals surface area contributed by atoms with Crippen LogP contribution in [-0.2, 0) is 19.6 Å². The molecule has 0 spiro atoms. The van der Waals surface area contributed by atoms with Crippen LogP contribution in [0.4, 0.5) is 5.69 Å². The molecule has 1 fully saturated rings. The summed E-state index contributed by atoms with van der Waals surface area (Å²) >= 11 is 1.54. The molecule has 2 aliphatic rings. The van der Waals surface area contributed by atoms with Crippen LogP contribution >= 0.6 is 11.8 Å². The van der Waals surface area contributed by atoms with Gasteiger partial charge in [-0.1, -0.05) is 6.92 Å². The summed E-state index contributed by atoms with van der Waals surface area (Å²) in [6.45, 7) is 3.43. The van der Waals surface area contributed by atoms with Gasteiger partial charge in [-0.25, -0.2) is 13.1 Å². The van der Waals surface area contributed by atoms with Crippen LogP contribution in [0, 0.1) is 5.92 Å². The molecule has 1 atom stereocenters. The monoisotopic (exact) mass is 397 g/mol. The van der Waals surface area contributed by atoms with Crippen molar-refractivity contribution < 1.29 is 18.0 Å². The van der Waals surface area contributed by atoms with Gasteiger partial charge in [-0.15, -0.1) is 11.8 Å². The highest BCUT2D eigenvalue weighted by Crippen LogP contribution is 2.34. The topological polar surface area (TPSA) is 95.6 Å². The second-order valence-corrected chi connectivity index (χ2v) is 9.42. The van der Waals surface area contributed by atoms with E-state index >= 15 is 0 Å². The molecule has 2 heterocycles. The second-order valence-electron chi connectivity index (χ2n) is 6.59. The van der Waals surface area contributed by atoms with E-state index in [0.717, 1.165) is 17.9 Å². The summed E-state index contributed by atoms with van der Waals surface area (Å²) in [6.07, 6.45) is 2.03. The van der Waals surface area contributed by atoms with E-state index in [-0.39, 0.29) is 29.2 Å². The maximum Gasteiger partial charge on any atom is 0.240 e. The van der Waals surface area contributed by atoms with Gasteiger partial charge in [-0.05, 0) is 31.0 Å². The van der Waals surface area contributed by atoms with Crippen LogP contribution in [0.15, 0.2) is 28.0 Å². The van der Waals surface area contributed by atoms with Gasteiger partial charge in [0.2, 0.25) is 21.8 Å². The Bertz CT molecular complexity index is 810. The van der Waals surface area contributed by atoms with Crippen LogP contribution in [-0.4, -0.2) is 50.5 Å². The maximum atomic E-state index is 12.5. The number of anilines is 1. The molecule has 26 heavy (non-hydrogen) atoms. The van der Waals surface area contributed by atoms with Crippen molar-refractivity contribution >= 4 is 39.3 Å². The molecule has 0 aliphatic carbocycles. The average Bonchev–Trinajstić information content (AvgIpc) is 2.95. The van der Waals surface area contributed by atoms with Crippen LogP contribution in [0.25, 0.3) is 0 Å². The van der Waals surface area contributed by atoms with Crippen LogP contribution in [0.2, 0.25) is 0 Å². The van der Waals surface area contributed by atoms with E-state index in [9.17, 15) is 18.0 Å². The number of amides is 2. The summed E-state index contributed by atoms with van der Waals surface area (Å²) < 4.78 is 27.6. The zero-order valence-electron chi connectivity index (χ0n) is 14.7. The molecule has 7 nitrogen and oxygen atoms in total. The SMILES string of the molecule is C[C@H]1CSc2ccc(S(=O)(=O)NCCCN3CCCC3=O)cc2NC1=O. The first-order chi connectivity index (χ1) is 12.4. The van der Waals surface area contributed by atoms with Crippen molar-refractivity contribution in [2.24, 2.45) is 5.92 Å². The molecular weight excluding hydrogens is 374 g/mol. The molecule has 0 aromatic heterocycles. The third-order valence-electron chi connectivity index (χ3n) is 4.52. The first-order valence-corrected chi connectivity index (χ1v) is 11.2. The predicted molar refractivity (Wildman–Crippen MR) is 101 cm³/mol. The largest absolute Gasteiger partial charge is 0.343 e. The number of nitrogens with one attached hydrogen (secondary N) is 2. The lowest BCUT2D eigenvalue weighted by Crippen LogP contribution is -2.30. The average molecular weight is 398 g/mol. The Hall–Kier alpha value is -1.58. The minimum atomic E-state index is -3.66. The third-order valence-corrected chi connectivity index (χ3v) is 7.32. The number of sulfonamides is 1. The number of benzene rings is 1. The van der Waals surface area contributed by atoms with Crippen molar-refractivity contribution in [3.63, 3.8) is 0 Å². The molecule has 1 aromatic rings. The molecule has 0 bridgehead atoms. The number of likely N-dealkylation sites (tertiary alicyclic amines) is 1. The number of hydrogen-bond donors (Lipinski definition) is 2. The van der Waals surface area contributed by atoms with Crippen molar-refractivity contribution in [3.05, 3.63) is 18.2 Å². The van der Waals surface area contributed by atoms with Crippen LogP contribution < -0.4 is 10.0 Å². The van der Waals surface area contributed by atoms with Crippen molar-refractivity contribution in [1.29, 1.82) is 0 Å². The molecule has 2 aliphatic heterocycles. The Morgan fingerprint density at radius 2 is 2.15 bits per heavy atom. The van der Waals surface area contributed by atoms with E-state index in [1.54, 1.807) is 28.8 Å². The highest BCUT2D eigenvalue weighted by Gasteiger charge is 2.23. The lowest BCUT2D eigenvalue weighted by atomic mass is 10.2. The minimum Gasteiger partial charge on any atom is -0.343 e. The van der Waals surface area contributed by atoms with Gasteiger partial charge in [0, 0.05) is 42.6 Å². The summed E-state index contributed by atoms with van der Waals surface area (Å²) in [4.78, 5) is 26.3. The Labute approximate surface area is 158 Å². The fourth-order valence-corrected chi connectivity index (χ4v) is 5.06. The van der Waals surface area contributed by atoms with Crippen molar-refractivity contribution in [2.45, 2.75) is 36.0 Å². The highest BCUT2D eigenvalue weighted by atomic mass is 32.2. The number of carbonyl (C=O) groups is 2. The fraction of sp³-hybridized carbons (Fsp3) is 0.529. The molecule has 1 aromatic carbocycles. The van der Waals surface area contributed by atoms with Crippen LogP contribution in [0.5, 0.6) is 0 Å². The van der Waals surface area contributed by atoms with Gasteiger partial charge in [0.05, 0.1) is 10.6 Å². The lowest BCUT2D eigenvalue weighted by molar-refractivity contribution is -0.127. The van der Waals surface area contributed by atoms with Gasteiger partial charge in [0.25, 0.3) is 0 Å². The second kappa shape index (κ2) is 7.98. The van der Waals surface area contributed by atoms with Gasteiger partial charge in [0.1, 0.15) is 0 Å². The van der Waals surface area contributed by atoms with Gasteiger partial charge >= 0.3 is 0 Å². The number of fused-ring (bicyclic) bond motifs is 1. The quantitative estimate of drug-likeness (QED) is 0.712. The first kappa shape index (κ1) is 19.2. The molecule has 0 radical (unpaired) electrons. The molecule has 0 saturated carbocycles. The molecule has 1 saturated heterocycles. The van der Waals surface area contributed by atoms with E-state index < -0.39 is 10.0 Å². The van der Waals surface area contributed by atoms with Crippen LogP contribution in [0.3, 0.4) is 0 Å². The van der Waals surface area contributed by atoms with E-state index in [1.807, 2.05) is 6.92 Å². The number of thioether (sulfide) groups is 1. The first-order valence-electron chi connectivity index (χ1n) is 8.72. The zero-order valence-corrected chi connectivity index (χ0v) is 16.3. The molecule has 9 heteroatoms. The smallest absolute Gasteiger partial charge is 0.240 e. The van der Waals surface area contributed by atoms with E-state index in [0.29, 0.717) is 30.8 Å². The molecule has 2 N–H and O–H groups in total. The van der Waals surface area contributed by atoms with Gasteiger partial charge in [-0.3, -0.25) is 9.59 Å². The van der Waals surface area contributed by atoms with E-state index in [1.165, 1.54) is 6.07 Å². The fourth-order valence-electron chi connectivity index (χ4n) is 2.95. The summed E-state index contributed by atoms with van der Waals surface area (Å²) in [6, 6.07) is 4.79. The zero-order chi connectivity index (χ0) is 18.7. The van der Waals surface area contributed by atoms with Crippen molar-refractivity contribution in [2.75, 3.05) is 30.7 Å². The van der Waals surface area contributed by atoms with E-state index in [4.69, 9.17) is 0 Å². The van der Waals surface area contributed by atoms with E-state index in [2.05, 4.69) is 10.0 Å². The van der Waals surface area contributed by atoms with Gasteiger partial charge in [0.15, 0.2) is 0 Å². The maximum absolute atomic E-state index is 12.5. The Morgan fingerprint density at radius 3 is 2.88 bits per heavy atom. The van der Waals surface area contributed by atoms with Gasteiger partial charge < -0.3 is 10.2 Å². The predicted octanol–water partition coefficient (Wildman–Crippen LogP) is 1.66. The molecule has 0 unspecified atom stereocenters. The van der Waals surface area contributed by atoms with Crippen LogP contribution in [0.1, 0.15) is 26.2 Å². The minimum absolute atomic E-state index is 0.103. The molecule has 3 rings (SSSR count). The highest BCUT2D eigenvalue weighted by molar-refractivity contribution is 7.99. The third kappa shape index (κ3) is 4.39. The number of nitrogens with zero attached hydrogens (tertiary/aromatic N) is 1. The summed E-state index contributed by atoms with van der Waals surface area (Å²) in [5, 5.41) is 2.80. The summed E-state index contributed by atoms with van der Waals surface area (Å²) in [7, 11) is -3.66. The Morgan fingerprint density at radius 1 is 1.35 bits per heavy atom. The van der Waals surface area contributed by atoms with Crippen molar-refractivity contribution in [3.8, 4) is 0 Å². The Balaban J connectivity index is 1.61. The lowest BCUT2D eigenvalue weighted by Gasteiger charge is -2.15. The number of hydrogen-bond acceptors (Lipinski definition) is 5. The molecular formula is C17H23N3O4S2. The molecule has 2 amide bonds. The normalized spacial score (nSPS) is 20.7. The standard InChI is InChI=1S/C17H23N3O4S2/c1-12-11-25-15-6-5-13(10-14(15)19-17(12)22)26(23,24)18-7-3-9-20-8-2-4-16(20)21/h5-6,10,12,18H,2-4,7-9,11H2,1H3,(H,19,22)/t12-/m0/s1. The Kier molecular flexibility index (Phi) is 5.89. The number of rotatable bonds is 6. The molecule has 142 valence electrons. The van der Waals surface area contributed by atoms with Gasteiger partial charge in [-0.2, -0.15) is 0 Å². The number of carbonyl (C=O) groups excluding carboxylic acids is 2.